The number of carbonyl (C=O) groups excluding carboxylic acids is 1. The normalized spacial score (nSPS) is 10.8. The van der Waals surface area contributed by atoms with Gasteiger partial charge in [0, 0.05) is 43.8 Å². The summed E-state index contributed by atoms with van der Waals surface area (Å²) in [5.41, 5.74) is 1.01. The SMILES string of the molecule is CN(Cc1cccc2cnccc12)C(=O)c1cnc(-c2ccccn2)[nH]c1=O. The van der Waals surface area contributed by atoms with Crippen LogP contribution in [0.5, 0.6) is 0 Å². The first kappa shape index (κ1) is 17.5. The molecule has 0 saturated carbocycles. The zero-order valence-electron chi connectivity index (χ0n) is 15.2. The average Bonchev–Trinajstić information content (AvgIpc) is 2.74. The van der Waals surface area contributed by atoms with Crippen molar-refractivity contribution in [3.8, 4) is 11.5 Å². The minimum atomic E-state index is -0.491. The van der Waals surface area contributed by atoms with E-state index < -0.39 is 11.5 Å². The molecule has 0 bridgehead atoms. The lowest BCUT2D eigenvalue weighted by Gasteiger charge is -2.18. The summed E-state index contributed by atoms with van der Waals surface area (Å²) in [7, 11) is 1.66. The summed E-state index contributed by atoms with van der Waals surface area (Å²) in [4.78, 5) is 41.8. The van der Waals surface area contributed by atoms with Crippen LogP contribution in [0.25, 0.3) is 22.3 Å². The van der Waals surface area contributed by atoms with Gasteiger partial charge < -0.3 is 9.88 Å². The molecule has 1 amide bonds. The van der Waals surface area contributed by atoms with Gasteiger partial charge in [-0.1, -0.05) is 24.3 Å². The Balaban J connectivity index is 1.59. The number of carbonyl (C=O) groups is 1. The van der Waals surface area contributed by atoms with Gasteiger partial charge in [-0.3, -0.25) is 19.6 Å². The second-order valence-electron chi connectivity index (χ2n) is 6.36. The zero-order valence-corrected chi connectivity index (χ0v) is 15.2. The number of aromatic nitrogens is 4. The molecule has 1 N–H and O–H groups in total. The Bertz CT molecular complexity index is 1200. The van der Waals surface area contributed by atoms with Crippen LogP contribution < -0.4 is 5.56 Å². The fraction of sp³-hybridized carbons (Fsp3) is 0.0952. The standard InChI is InChI=1S/C21H17N5O2/c1-26(13-15-6-4-5-14-11-22-10-8-16(14)15)21(28)17-12-24-19(25-20(17)27)18-7-2-3-9-23-18/h2-12H,13H2,1H3,(H,24,25,27). The minimum Gasteiger partial charge on any atom is -0.337 e. The van der Waals surface area contributed by atoms with Crippen LogP contribution in [-0.4, -0.2) is 37.8 Å². The van der Waals surface area contributed by atoms with Gasteiger partial charge in [-0.2, -0.15) is 0 Å². The van der Waals surface area contributed by atoms with E-state index in [9.17, 15) is 9.59 Å². The molecule has 0 unspecified atom stereocenters. The van der Waals surface area contributed by atoms with E-state index in [1.54, 1.807) is 43.8 Å². The fourth-order valence-corrected chi connectivity index (χ4v) is 3.04. The number of hydrogen-bond donors (Lipinski definition) is 1. The maximum absolute atomic E-state index is 12.8. The molecule has 0 spiro atoms. The number of pyridine rings is 2. The monoisotopic (exact) mass is 371 g/mol. The second kappa shape index (κ2) is 7.40. The number of H-pyrrole nitrogens is 1. The van der Waals surface area contributed by atoms with Crippen molar-refractivity contribution in [1.82, 2.24) is 24.8 Å². The molecule has 0 fully saturated rings. The second-order valence-corrected chi connectivity index (χ2v) is 6.36. The van der Waals surface area contributed by atoms with E-state index in [1.807, 2.05) is 24.3 Å². The molecule has 28 heavy (non-hydrogen) atoms. The molecular formula is C21H17N5O2. The van der Waals surface area contributed by atoms with E-state index in [0.717, 1.165) is 16.3 Å². The summed E-state index contributed by atoms with van der Waals surface area (Å²) in [6, 6.07) is 13.1. The van der Waals surface area contributed by atoms with Gasteiger partial charge in [-0.05, 0) is 29.1 Å². The Morgan fingerprint density at radius 3 is 2.71 bits per heavy atom. The highest BCUT2D eigenvalue weighted by Gasteiger charge is 2.18. The molecule has 1 aromatic carbocycles. The fourth-order valence-electron chi connectivity index (χ4n) is 3.04. The van der Waals surface area contributed by atoms with Gasteiger partial charge in [0.05, 0.1) is 0 Å². The van der Waals surface area contributed by atoms with Gasteiger partial charge in [-0.15, -0.1) is 0 Å². The predicted octanol–water partition coefficient (Wildman–Crippen LogP) is 2.65. The third-order valence-corrected chi connectivity index (χ3v) is 4.46. The van der Waals surface area contributed by atoms with Crippen molar-refractivity contribution in [3.63, 3.8) is 0 Å². The summed E-state index contributed by atoms with van der Waals surface area (Å²) < 4.78 is 0. The number of rotatable bonds is 4. The molecular weight excluding hydrogens is 354 g/mol. The van der Waals surface area contributed by atoms with Crippen molar-refractivity contribution in [2.24, 2.45) is 0 Å². The van der Waals surface area contributed by atoms with Crippen molar-refractivity contribution in [1.29, 1.82) is 0 Å². The number of amides is 1. The number of nitrogens with one attached hydrogen (secondary N) is 1. The maximum Gasteiger partial charge on any atom is 0.264 e. The van der Waals surface area contributed by atoms with Crippen LogP contribution in [0.15, 0.2) is 72.0 Å². The Morgan fingerprint density at radius 2 is 1.93 bits per heavy atom. The number of nitrogens with zero attached hydrogens (tertiary/aromatic N) is 4. The minimum absolute atomic E-state index is 0.0101. The van der Waals surface area contributed by atoms with Gasteiger partial charge in [0.25, 0.3) is 11.5 Å². The average molecular weight is 371 g/mol. The third-order valence-electron chi connectivity index (χ3n) is 4.46. The quantitative estimate of drug-likeness (QED) is 0.595. The highest BCUT2D eigenvalue weighted by molar-refractivity contribution is 5.94. The molecule has 4 rings (SSSR count). The smallest absolute Gasteiger partial charge is 0.264 e. The lowest BCUT2D eigenvalue weighted by Crippen LogP contribution is -2.31. The number of hydrogen-bond acceptors (Lipinski definition) is 5. The topological polar surface area (TPSA) is 91.8 Å². The van der Waals surface area contributed by atoms with Gasteiger partial charge in [0.2, 0.25) is 0 Å². The first-order chi connectivity index (χ1) is 13.6. The molecule has 0 aliphatic rings. The Morgan fingerprint density at radius 1 is 1.04 bits per heavy atom. The number of fused-ring (bicyclic) bond motifs is 1. The lowest BCUT2D eigenvalue weighted by molar-refractivity contribution is 0.0783. The molecule has 0 aliphatic carbocycles. The van der Waals surface area contributed by atoms with Crippen LogP contribution in [0.1, 0.15) is 15.9 Å². The van der Waals surface area contributed by atoms with E-state index in [0.29, 0.717) is 18.1 Å². The van der Waals surface area contributed by atoms with Crippen molar-refractivity contribution in [3.05, 3.63) is 88.7 Å². The number of benzene rings is 1. The first-order valence-corrected chi connectivity index (χ1v) is 8.71. The molecule has 3 heterocycles. The summed E-state index contributed by atoms with van der Waals surface area (Å²) >= 11 is 0. The molecule has 0 aliphatic heterocycles. The molecule has 0 radical (unpaired) electrons. The van der Waals surface area contributed by atoms with Crippen LogP contribution >= 0.6 is 0 Å². The van der Waals surface area contributed by atoms with E-state index in [4.69, 9.17) is 0 Å². The van der Waals surface area contributed by atoms with Crippen molar-refractivity contribution in [2.45, 2.75) is 6.54 Å². The van der Waals surface area contributed by atoms with Crippen LogP contribution in [0.4, 0.5) is 0 Å². The predicted molar refractivity (Wildman–Crippen MR) is 106 cm³/mol. The first-order valence-electron chi connectivity index (χ1n) is 8.71. The van der Waals surface area contributed by atoms with E-state index in [-0.39, 0.29) is 5.56 Å². The van der Waals surface area contributed by atoms with Gasteiger partial charge >= 0.3 is 0 Å². The summed E-state index contributed by atoms with van der Waals surface area (Å²) in [5, 5.41) is 2.02. The lowest BCUT2D eigenvalue weighted by atomic mass is 10.1. The molecule has 0 saturated heterocycles. The number of aromatic amines is 1. The maximum atomic E-state index is 12.8. The van der Waals surface area contributed by atoms with E-state index >= 15 is 0 Å². The molecule has 4 aromatic rings. The summed E-state index contributed by atoms with van der Waals surface area (Å²) in [6.07, 6.45) is 6.42. The Kier molecular flexibility index (Phi) is 4.63. The molecule has 138 valence electrons. The van der Waals surface area contributed by atoms with Crippen LogP contribution in [0, 0.1) is 0 Å². The van der Waals surface area contributed by atoms with Crippen molar-refractivity contribution >= 4 is 16.7 Å². The Labute approximate surface area is 160 Å². The third kappa shape index (κ3) is 3.37. The van der Waals surface area contributed by atoms with Gasteiger partial charge in [0.1, 0.15) is 11.3 Å². The summed E-state index contributed by atoms with van der Waals surface area (Å²) in [5.74, 6) is -0.0706. The van der Waals surface area contributed by atoms with Crippen molar-refractivity contribution < 1.29 is 4.79 Å². The molecule has 0 atom stereocenters. The van der Waals surface area contributed by atoms with E-state index in [1.165, 1.54) is 11.1 Å². The van der Waals surface area contributed by atoms with Crippen molar-refractivity contribution in [2.75, 3.05) is 7.05 Å². The Hall–Kier alpha value is -3.87. The van der Waals surface area contributed by atoms with Crippen LogP contribution in [-0.2, 0) is 6.54 Å². The van der Waals surface area contributed by atoms with E-state index in [2.05, 4.69) is 19.9 Å². The van der Waals surface area contributed by atoms with Crippen LogP contribution in [0.3, 0.4) is 0 Å². The molecule has 7 heteroatoms. The van der Waals surface area contributed by atoms with Gasteiger partial charge in [0.15, 0.2) is 5.82 Å². The molecule has 7 nitrogen and oxygen atoms in total. The van der Waals surface area contributed by atoms with Gasteiger partial charge in [-0.25, -0.2) is 4.98 Å². The molecule has 3 aromatic heterocycles. The summed E-state index contributed by atoms with van der Waals surface area (Å²) in [6.45, 7) is 0.363. The highest BCUT2D eigenvalue weighted by Crippen LogP contribution is 2.19. The zero-order chi connectivity index (χ0) is 19.5. The highest BCUT2D eigenvalue weighted by atomic mass is 16.2. The largest absolute Gasteiger partial charge is 0.337 e. The van der Waals surface area contributed by atoms with Crippen LogP contribution in [0.2, 0.25) is 0 Å².